The highest BCUT2D eigenvalue weighted by molar-refractivity contribution is 7.92. The molecule has 0 atom stereocenters. The van der Waals surface area contributed by atoms with E-state index in [1.807, 2.05) is 0 Å². The van der Waals surface area contributed by atoms with Crippen LogP contribution in [-0.2, 0) is 10.0 Å². The van der Waals surface area contributed by atoms with E-state index in [0.717, 1.165) is 13.1 Å². The first-order valence-electron chi connectivity index (χ1n) is 5.73. The van der Waals surface area contributed by atoms with E-state index in [1.54, 1.807) is 0 Å². The fourth-order valence-electron chi connectivity index (χ4n) is 1.80. The Hall–Kier alpha value is -2.22. The molecule has 0 radical (unpaired) electrons. The third kappa shape index (κ3) is 2.66. The average molecular weight is 316 g/mol. The van der Waals surface area contributed by atoms with Crippen LogP contribution in [-0.4, -0.2) is 15.5 Å². The molecule has 4 nitrogen and oxygen atoms in total. The molecule has 0 saturated carbocycles. The summed E-state index contributed by atoms with van der Waals surface area (Å²) in [4.78, 5) is -1.18. The molecule has 0 aliphatic carbocycles. The topological polar surface area (TPSA) is 63.4 Å². The van der Waals surface area contributed by atoms with Crippen LogP contribution in [0.25, 0.3) is 0 Å². The van der Waals surface area contributed by atoms with Crippen LogP contribution in [0.1, 0.15) is 0 Å². The lowest BCUT2D eigenvalue weighted by atomic mass is 10.3. The number of benzene rings is 2. The molecule has 0 aliphatic heterocycles. The maximum Gasteiger partial charge on any atom is 0.270 e. The predicted molar refractivity (Wildman–Crippen MR) is 72.8 cm³/mol. The van der Waals surface area contributed by atoms with Gasteiger partial charge in [0.15, 0.2) is 4.90 Å². The second-order valence-corrected chi connectivity index (χ2v) is 6.14. The van der Waals surface area contributed by atoms with E-state index in [4.69, 9.17) is 5.73 Å². The molecule has 0 fully saturated rings. The van der Waals surface area contributed by atoms with Crippen molar-refractivity contribution in [2.45, 2.75) is 4.90 Å². The molecule has 2 aromatic carbocycles. The number of sulfonamides is 1. The van der Waals surface area contributed by atoms with Crippen molar-refractivity contribution in [2.24, 2.45) is 0 Å². The summed E-state index contributed by atoms with van der Waals surface area (Å²) in [6.07, 6.45) is 0. The van der Waals surface area contributed by atoms with Crippen LogP contribution < -0.4 is 10.0 Å². The Balaban J connectivity index is 2.61. The number of nitrogens with two attached hydrogens (primary N) is 1. The van der Waals surface area contributed by atoms with Crippen LogP contribution >= 0.6 is 0 Å². The van der Waals surface area contributed by atoms with Crippen molar-refractivity contribution in [2.75, 3.05) is 17.1 Å². The first-order chi connectivity index (χ1) is 9.75. The highest BCUT2D eigenvalue weighted by Gasteiger charge is 2.30. The van der Waals surface area contributed by atoms with Crippen LogP contribution in [0.4, 0.5) is 24.5 Å². The lowest BCUT2D eigenvalue weighted by Gasteiger charge is -2.20. The van der Waals surface area contributed by atoms with E-state index in [-0.39, 0.29) is 11.4 Å². The SMILES string of the molecule is CN(c1ccccc1F)S(=O)(=O)c1c(F)cc(N)cc1F. The third-order valence-electron chi connectivity index (χ3n) is 2.83. The van der Waals surface area contributed by atoms with Crippen molar-refractivity contribution < 1.29 is 21.6 Å². The van der Waals surface area contributed by atoms with Crippen molar-refractivity contribution in [1.29, 1.82) is 0 Å². The molecule has 0 amide bonds. The number of halogens is 3. The molecular formula is C13H11F3N2O2S. The number of nitrogens with zero attached hydrogens (tertiary/aromatic N) is 1. The second kappa shape index (κ2) is 5.28. The van der Waals surface area contributed by atoms with E-state index >= 15 is 0 Å². The van der Waals surface area contributed by atoms with Gasteiger partial charge >= 0.3 is 0 Å². The minimum absolute atomic E-state index is 0.252. The molecule has 8 heteroatoms. The van der Waals surface area contributed by atoms with Gasteiger partial charge in [-0.15, -0.1) is 0 Å². The average Bonchev–Trinajstić information content (AvgIpc) is 2.36. The Kier molecular flexibility index (Phi) is 3.82. The Morgan fingerprint density at radius 2 is 1.52 bits per heavy atom. The van der Waals surface area contributed by atoms with Gasteiger partial charge in [-0.05, 0) is 24.3 Å². The zero-order chi connectivity index (χ0) is 15.8. The standard InChI is InChI=1S/C13H11F3N2O2S/c1-18(12-5-3-2-4-9(12)14)21(19,20)13-10(15)6-8(17)7-11(13)16/h2-7H,17H2,1H3. The van der Waals surface area contributed by atoms with Crippen LogP contribution in [0.2, 0.25) is 0 Å². The fraction of sp³-hybridized carbons (Fsp3) is 0.0769. The van der Waals surface area contributed by atoms with Gasteiger partial charge in [0.1, 0.15) is 17.5 Å². The van der Waals surface area contributed by atoms with Gasteiger partial charge in [-0.3, -0.25) is 4.31 Å². The highest BCUT2D eigenvalue weighted by atomic mass is 32.2. The summed E-state index contributed by atoms with van der Waals surface area (Å²) in [6, 6.07) is 6.36. The second-order valence-electron chi connectivity index (χ2n) is 4.24. The maximum atomic E-state index is 13.8. The summed E-state index contributed by atoms with van der Waals surface area (Å²) in [5.74, 6) is -3.51. The first-order valence-corrected chi connectivity index (χ1v) is 7.17. The van der Waals surface area contributed by atoms with Crippen LogP contribution in [0, 0.1) is 17.5 Å². The summed E-state index contributed by atoms with van der Waals surface area (Å²) in [7, 11) is -3.60. The largest absolute Gasteiger partial charge is 0.399 e. The molecule has 2 rings (SSSR count). The molecule has 0 aromatic heterocycles. The number of hydrogen-bond acceptors (Lipinski definition) is 3. The van der Waals surface area contributed by atoms with Gasteiger partial charge in [-0.25, -0.2) is 21.6 Å². The van der Waals surface area contributed by atoms with E-state index in [2.05, 4.69) is 0 Å². The van der Waals surface area contributed by atoms with Gasteiger partial charge in [0.05, 0.1) is 5.69 Å². The Bertz CT molecular complexity index is 771. The van der Waals surface area contributed by atoms with E-state index in [9.17, 15) is 21.6 Å². The van der Waals surface area contributed by atoms with Crippen molar-refractivity contribution in [1.82, 2.24) is 0 Å². The maximum absolute atomic E-state index is 13.8. The van der Waals surface area contributed by atoms with Gasteiger partial charge in [0.2, 0.25) is 0 Å². The summed E-state index contributed by atoms with van der Waals surface area (Å²) >= 11 is 0. The Morgan fingerprint density at radius 1 is 1.00 bits per heavy atom. The van der Waals surface area contributed by atoms with Crippen LogP contribution in [0.3, 0.4) is 0 Å². The lowest BCUT2D eigenvalue weighted by Crippen LogP contribution is -2.29. The zero-order valence-electron chi connectivity index (χ0n) is 10.8. The van der Waals surface area contributed by atoms with E-state index < -0.39 is 32.4 Å². The molecule has 0 bridgehead atoms. The molecule has 0 unspecified atom stereocenters. The van der Waals surface area contributed by atoms with Gasteiger partial charge in [-0.1, -0.05) is 12.1 Å². The van der Waals surface area contributed by atoms with Gasteiger partial charge < -0.3 is 5.73 Å². The van der Waals surface area contributed by atoms with Gasteiger partial charge in [-0.2, -0.15) is 0 Å². The number of hydrogen-bond donors (Lipinski definition) is 1. The van der Waals surface area contributed by atoms with Crippen LogP contribution in [0.15, 0.2) is 41.3 Å². The summed E-state index contributed by atoms with van der Waals surface area (Å²) in [5.41, 5.74) is 4.66. The Morgan fingerprint density at radius 3 is 2.05 bits per heavy atom. The van der Waals surface area contributed by atoms with Crippen molar-refractivity contribution in [3.63, 3.8) is 0 Å². The lowest BCUT2D eigenvalue weighted by molar-refractivity contribution is 0.519. The van der Waals surface area contributed by atoms with E-state index in [0.29, 0.717) is 16.4 Å². The highest BCUT2D eigenvalue weighted by Crippen LogP contribution is 2.28. The molecule has 21 heavy (non-hydrogen) atoms. The molecule has 0 saturated heterocycles. The van der Waals surface area contributed by atoms with Gasteiger partial charge in [0.25, 0.3) is 10.0 Å². The normalized spacial score (nSPS) is 11.4. The smallest absolute Gasteiger partial charge is 0.270 e. The molecule has 0 spiro atoms. The minimum Gasteiger partial charge on any atom is -0.399 e. The number of rotatable bonds is 3. The Labute approximate surface area is 119 Å². The monoisotopic (exact) mass is 316 g/mol. The number of nitrogen functional groups attached to an aromatic ring is 1. The minimum atomic E-state index is -4.60. The zero-order valence-corrected chi connectivity index (χ0v) is 11.7. The van der Waals surface area contributed by atoms with Gasteiger partial charge in [0, 0.05) is 12.7 Å². The fourth-order valence-corrected chi connectivity index (χ4v) is 3.09. The third-order valence-corrected chi connectivity index (χ3v) is 4.65. The quantitative estimate of drug-likeness (QED) is 0.885. The molecule has 2 N–H and O–H groups in total. The molecule has 0 heterocycles. The molecule has 112 valence electrons. The molecule has 0 aliphatic rings. The number of anilines is 2. The summed E-state index contributed by atoms with van der Waals surface area (Å²) < 4.78 is 66.2. The van der Waals surface area contributed by atoms with Crippen molar-refractivity contribution in [3.8, 4) is 0 Å². The number of para-hydroxylation sites is 1. The predicted octanol–water partition coefficient (Wildman–Crippen LogP) is 2.51. The first kappa shape index (κ1) is 15.2. The molecular weight excluding hydrogens is 305 g/mol. The van der Waals surface area contributed by atoms with Crippen molar-refractivity contribution >= 4 is 21.4 Å². The molecule has 2 aromatic rings. The van der Waals surface area contributed by atoms with Crippen LogP contribution in [0.5, 0.6) is 0 Å². The summed E-state index contributed by atoms with van der Waals surface area (Å²) in [5, 5.41) is 0. The van der Waals surface area contributed by atoms with Crippen molar-refractivity contribution in [3.05, 3.63) is 53.8 Å². The van der Waals surface area contributed by atoms with E-state index in [1.165, 1.54) is 18.2 Å². The summed E-state index contributed by atoms with van der Waals surface area (Å²) in [6.45, 7) is 0.